The number of quaternary nitrogens is 1. The van der Waals surface area contributed by atoms with Crippen LogP contribution in [0.2, 0.25) is 0 Å². The number of aliphatic carboxylic acids is 1. The molecule has 0 rings (SSSR count). The fourth-order valence-corrected chi connectivity index (χ4v) is 11.4. The monoisotopic (exact) mass is 1300 g/mol. The zero-order valence-electron chi connectivity index (χ0n) is 61.6. The summed E-state index contributed by atoms with van der Waals surface area (Å²) in [6.07, 6.45) is 99.5. The minimum atomic E-state index is -1.63. The number of hydrogen-bond acceptors (Lipinski definition) is 8. The molecule has 0 aromatic carbocycles. The first kappa shape index (κ1) is 89.2. The zero-order valence-corrected chi connectivity index (χ0v) is 61.6. The van der Waals surface area contributed by atoms with E-state index in [2.05, 4.69) is 111 Å². The van der Waals surface area contributed by atoms with Gasteiger partial charge in [-0.25, -0.2) is 0 Å². The number of hydrogen-bond donors (Lipinski definition) is 0. The maximum absolute atomic E-state index is 13.0. The summed E-state index contributed by atoms with van der Waals surface area (Å²) in [7, 11) is 5.94. The fourth-order valence-electron chi connectivity index (χ4n) is 11.4. The van der Waals surface area contributed by atoms with Gasteiger partial charge in [0.15, 0.2) is 12.4 Å². The van der Waals surface area contributed by atoms with Crippen LogP contribution in [-0.2, 0) is 33.3 Å². The van der Waals surface area contributed by atoms with Gasteiger partial charge >= 0.3 is 11.9 Å². The van der Waals surface area contributed by atoms with Crippen LogP contribution in [0, 0.1) is 0 Å². The molecule has 0 saturated carbocycles. The molecule has 2 unspecified atom stereocenters. The average Bonchev–Trinajstić information content (AvgIpc) is 3.73. The van der Waals surface area contributed by atoms with Gasteiger partial charge in [0, 0.05) is 12.8 Å². The minimum absolute atomic E-state index is 0.146. The molecule has 0 aromatic heterocycles. The van der Waals surface area contributed by atoms with Crippen molar-refractivity contribution in [1.29, 1.82) is 0 Å². The molecule has 0 aliphatic heterocycles. The van der Waals surface area contributed by atoms with Crippen LogP contribution in [0.1, 0.15) is 361 Å². The van der Waals surface area contributed by atoms with Gasteiger partial charge in [0.1, 0.15) is 13.2 Å². The van der Waals surface area contributed by atoms with Gasteiger partial charge in [-0.2, -0.15) is 0 Å². The summed E-state index contributed by atoms with van der Waals surface area (Å²) in [6, 6.07) is 0. The van der Waals surface area contributed by atoms with E-state index in [1.54, 1.807) is 0 Å². The summed E-state index contributed by atoms with van der Waals surface area (Å²) in [5, 5.41) is 11.9. The van der Waals surface area contributed by atoms with Gasteiger partial charge in [-0.1, -0.05) is 368 Å². The molecule has 0 heterocycles. The number of ether oxygens (including phenoxy) is 4. The number of unbranched alkanes of at least 4 members (excludes halogenated alkanes) is 42. The minimum Gasteiger partial charge on any atom is -0.545 e. The molecule has 0 bridgehead atoms. The van der Waals surface area contributed by atoms with Crippen molar-refractivity contribution in [3.8, 4) is 0 Å². The van der Waals surface area contributed by atoms with Crippen LogP contribution in [0.25, 0.3) is 0 Å². The van der Waals surface area contributed by atoms with Crippen molar-refractivity contribution in [3.63, 3.8) is 0 Å². The lowest BCUT2D eigenvalue weighted by Gasteiger charge is -2.26. The second kappa shape index (κ2) is 74.0. The lowest BCUT2D eigenvalue weighted by molar-refractivity contribution is -0.870. The van der Waals surface area contributed by atoms with Crippen LogP contribution in [-0.4, -0.2) is 82.3 Å². The van der Waals surface area contributed by atoms with Crippen LogP contribution in [0.3, 0.4) is 0 Å². The molecular weight excluding hydrogens is 1150 g/mol. The lowest BCUT2D eigenvalue weighted by atomic mass is 10.0. The molecule has 0 spiro atoms. The Hall–Kier alpha value is -3.79. The van der Waals surface area contributed by atoms with Crippen LogP contribution >= 0.6 is 0 Å². The van der Waals surface area contributed by atoms with Crippen LogP contribution in [0.4, 0.5) is 0 Å². The standard InChI is InChI=1S/C84H149NO8/c1-6-8-10-12-14-16-18-20-22-24-26-28-30-32-34-36-38-39-40-41-42-43-45-47-49-51-53-55-57-59-61-63-65-67-69-71-73-75-82(87)93-80(79-92-84(83(88)89)90-77-76-85(3,4)5)78-91-81(86)74-72-70-68-66-64-62-60-58-56-54-52-50-48-46-44-37-35-33-31-29-27-25-23-21-19-17-15-13-11-9-7-2/h8,10,14,16,20,22,26,28,32,34,38-39,41-42,45,47,80,84H,6-7,9,11-13,15,17-19,21,23-25,27,29-31,33,35-37,40,43-44,46,48-79H2,1-5H3/b10-8-,16-14-,22-20-,28-26-,34-32-,39-38-,42-41-,47-45-. The summed E-state index contributed by atoms with van der Waals surface area (Å²) >= 11 is 0. The van der Waals surface area contributed by atoms with Crippen LogP contribution in [0.5, 0.6) is 0 Å². The van der Waals surface area contributed by atoms with E-state index in [9.17, 15) is 19.5 Å². The highest BCUT2D eigenvalue weighted by Gasteiger charge is 2.22. The molecule has 538 valence electrons. The SMILES string of the molecule is CC/C=C\C/C=C\C/C=C\C/C=C\C/C=C\C/C=C\C/C=C\C/C=C\CCCCCCCCCCCCCCC(=O)OC(COC(=O)CCCCCCCCCCCCCCCCCCCCCCCCCCCCCCCCC)COC(OCC[N+](C)(C)C)C(=O)[O-]. The molecule has 0 aliphatic rings. The Labute approximate surface area is 575 Å². The smallest absolute Gasteiger partial charge is 0.306 e. The number of carboxylic acid groups (broad SMARTS) is 1. The van der Waals surface area contributed by atoms with E-state index in [0.717, 1.165) is 89.9 Å². The summed E-state index contributed by atoms with van der Waals surface area (Å²) < 4.78 is 22.9. The number of carboxylic acids is 1. The molecule has 0 fully saturated rings. The first-order valence-corrected chi connectivity index (χ1v) is 39.4. The van der Waals surface area contributed by atoms with Crippen molar-refractivity contribution in [2.75, 3.05) is 47.5 Å². The molecule has 0 radical (unpaired) electrons. The number of carbonyl (C=O) groups is 3. The van der Waals surface area contributed by atoms with Gasteiger partial charge in [0.25, 0.3) is 0 Å². The van der Waals surface area contributed by atoms with Crippen molar-refractivity contribution >= 4 is 17.9 Å². The highest BCUT2D eigenvalue weighted by atomic mass is 16.7. The van der Waals surface area contributed by atoms with Gasteiger partial charge in [-0.05, 0) is 77.0 Å². The van der Waals surface area contributed by atoms with E-state index in [0.29, 0.717) is 23.9 Å². The van der Waals surface area contributed by atoms with Gasteiger partial charge in [0.05, 0.1) is 40.3 Å². The molecular formula is C84H149NO8. The molecule has 93 heavy (non-hydrogen) atoms. The number of carbonyl (C=O) groups excluding carboxylic acids is 3. The Bertz CT molecular complexity index is 1850. The first-order chi connectivity index (χ1) is 45.6. The molecule has 0 amide bonds. The Kier molecular flexibility index (Phi) is 71.0. The van der Waals surface area contributed by atoms with Gasteiger partial charge < -0.3 is 33.3 Å². The van der Waals surface area contributed by atoms with Crippen molar-refractivity contribution in [2.24, 2.45) is 0 Å². The largest absolute Gasteiger partial charge is 0.545 e. The number of allylic oxidation sites excluding steroid dienone is 16. The Morgan fingerprint density at radius 2 is 0.613 bits per heavy atom. The number of likely N-dealkylation sites (N-methyl/N-ethyl adjacent to an activating group) is 1. The Morgan fingerprint density at radius 1 is 0.333 bits per heavy atom. The van der Waals surface area contributed by atoms with Crippen molar-refractivity contribution in [3.05, 3.63) is 97.2 Å². The molecule has 9 heteroatoms. The highest BCUT2D eigenvalue weighted by molar-refractivity contribution is 5.70. The van der Waals surface area contributed by atoms with Gasteiger partial charge in [-0.15, -0.1) is 0 Å². The third kappa shape index (κ3) is 75.5. The zero-order chi connectivity index (χ0) is 67.5. The maximum Gasteiger partial charge on any atom is 0.306 e. The normalized spacial score (nSPS) is 13.2. The van der Waals surface area contributed by atoms with Crippen molar-refractivity contribution in [1.82, 2.24) is 0 Å². The molecule has 9 nitrogen and oxygen atoms in total. The third-order valence-electron chi connectivity index (χ3n) is 17.3. The molecule has 0 aliphatic carbocycles. The Balaban J connectivity index is 4.05. The molecule has 2 atom stereocenters. The molecule has 0 aromatic rings. The molecule has 0 N–H and O–H groups in total. The topological polar surface area (TPSA) is 111 Å². The van der Waals surface area contributed by atoms with Gasteiger partial charge in [0.2, 0.25) is 0 Å². The second-order valence-electron chi connectivity index (χ2n) is 27.6. The van der Waals surface area contributed by atoms with Crippen LogP contribution < -0.4 is 5.11 Å². The lowest BCUT2D eigenvalue weighted by Crippen LogP contribution is -2.44. The van der Waals surface area contributed by atoms with E-state index in [4.69, 9.17) is 18.9 Å². The van der Waals surface area contributed by atoms with E-state index >= 15 is 0 Å². The van der Waals surface area contributed by atoms with E-state index in [-0.39, 0.29) is 32.2 Å². The van der Waals surface area contributed by atoms with E-state index in [1.807, 2.05) is 21.1 Å². The van der Waals surface area contributed by atoms with Gasteiger partial charge in [-0.3, -0.25) is 9.59 Å². The summed E-state index contributed by atoms with van der Waals surface area (Å²) in [5.41, 5.74) is 0. The van der Waals surface area contributed by atoms with Crippen LogP contribution in [0.15, 0.2) is 97.2 Å². The average molecular weight is 1300 g/mol. The number of esters is 2. The second-order valence-corrected chi connectivity index (χ2v) is 27.6. The van der Waals surface area contributed by atoms with Crippen molar-refractivity contribution in [2.45, 2.75) is 373 Å². The molecule has 0 saturated heterocycles. The predicted octanol–water partition coefficient (Wildman–Crippen LogP) is 23.8. The Morgan fingerprint density at radius 3 is 0.914 bits per heavy atom. The van der Waals surface area contributed by atoms with E-state index in [1.165, 1.54) is 238 Å². The maximum atomic E-state index is 13.0. The summed E-state index contributed by atoms with van der Waals surface area (Å²) in [4.78, 5) is 37.6. The number of rotatable bonds is 73. The predicted molar refractivity (Wildman–Crippen MR) is 398 cm³/mol. The quantitative estimate of drug-likeness (QED) is 0.0195. The third-order valence-corrected chi connectivity index (χ3v) is 17.3. The summed E-state index contributed by atoms with van der Waals surface area (Å²) in [6.45, 7) is 4.68. The number of nitrogens with zero attached hydrogens (tertiary/aromatic N) is 1. The first-order valence-electron chi connectivity index (χ1n) is 39.4. The fraction of sp³-hybridized carbons (Fsp3) is 0.774. The summed E-state index contributed by atoms with van der Waals surface area (Å²) in [5.74, 6) is -2.27. The highest BCUT2D eigenvalue weighted by Crippen LogP contribution is 2.19. The van der Waals surface area contributed by atoms with E-state index < -0.39 is 24.3 Å². The van der Waals surface area contributed by atoms with Crippen molar-refractivity contribution < 1.29 is 42.9 Å².